The van der Waals surface area contributed by atoms with Gasteiger partial charge in [-0.1, -0.05) is 13.8 Å². The van der Waals surface area contributed by atoms with Crippen LogP contribution in [0.2, 0.25) is 0 Å². The summed E-state index contributed by atoms with van der Waals surface area (Å²) in [5.41, 5.74) is -0.342. The lowest BCUT2D eigenvalue weighted by Gasteiger charge is -2.62. The third-order valence-corrected chi connectivity index (χ3v) is 9.09. The predicted octanol–water partition coefficient (Wildman–Crippen LogP) is 2.63. The number of ketones is 1. The number of carboxylic acid groups (broad SMARTS) is 1. The van der Waals surface area contributed by atoms with E-state index in [0.29, 0.717) is 30.6 Å². The zero-order valence-electron chi connectivity index (χ0n) is 15.9. The quantitative estimate of drug-likeness (QED) is 0.655. The lowest BCUT2D eigenvalue weighted by Crippen LogP contribution is -2.59. The topological polar surface area (TPSA) is 94.8 Å². The van der Waals surface area contributed by atoms with Crippen LogP contribution >= 0.6 is 0 Å². The van der Waals surface area contributed by atoms with Gasteiger partial charge < -0.3 is 15.3 Å². The Bertz CT molecular complexity index is 618. The van der Waals surface area contributed by atoms with Gasteiger partial charge in [-0.25, -0.2) is 4.79 Å². The molecule has 4 aliphatic carbocycles. The van der Waals surface area contributed by atoms with Crippen molar-refractivity contribution in [2.75, 3.05) is 0 Å². The summed E-state index contributed by atoms with van der Waals surface area (Å²) in [5.74, 6) is -1.08. The molecule has 4 aliphatic rings. The summed E-state index contributed by atoms with van der Waals surface area (Å²) in [6.45, 7) is 4.36. The van der Waals surface area contributed by atoms with Crippen molar-refractivity contribution in [2.45, 2.75) is 77.4 Å². The van der Waals surface area contributed by atoms with Crippen molar-refractivity contribution < 1.29 is 24.9 Å². The number of aliphatic hydroxyl groups is 2. The zero-order chi connectivity index (χ0) is 18.9. The molecule has 0 radical (unpaired) electrons. The average Bonchev–Trinajstić information content (AvgIpc) is 2.90. The van der Waals surface area contributed by atoms with Crippen LogP contribution in [0, 0.1) is 40.4 Å². The summed E-state index contributed by atoms with van der Waals surface area (Å²) in [5, 5.41) is 30.5. The molecule has 4 unspecified atom stereocenters. The Morgan fingerprint density at radius 2 is 1.69 bits per heavy atom. The number of aliphatic hydroxyl groups excluding tert-OH is 2. The van der Waals surface area contributed by atoms with Gasteiger partial charge in [0.05, 0.1) is 12.2 Å². The van der Waals surface area contributed by atoms with E-state index in [-0.39, 0.29) is 17.4 Å². The van der Waals surface area contributed by atoms with E-state index < -0.39 is 29.2 Å². The third kappa shape index (κ3) is 2.42. The largest absolute Gasteiger partial charge is 0.475 e. The van der Waals surface area contributed by atoms with Crippen molar-refractivity contribution in [1.82, 2.24) is 0 Å². The molecule has 5 nitrogen and oxygen atoms in total. The van der Waals surface area contributed by atoms with Gasteiger partial charge in [-0.15, -0.1) is 0 Å². The number of carbonyl (C=O) groups is 2. The van der Waals surface area contributed by atoms with Crippen LogP contribution in [-0.2, 0) is 9.59 Å². The first kappa shape index (κ1) is 18.4. The second-order valence-electron chi connectivity index (χ2n) is 10.1. The SMILES string of the molecule is C[C@]12CC(O)C3C(CC[C@@H]4C[C@@H](O)CC[C@]34C)C1CC[C@@H]2C(=O)C(=O)O. The van der Waals surface area contributed by atoms with E-state index in [1.807, 2.05) is 0 Å². The van der Waals surface area contributed by atoms with Gasteiger partial charge in [0.1, 0.15) is 0 Å². The van der Waals surface area contributed by atoms with Crippen molar-refractivity contribution in [3.05, 3.63) is 0 Å². The van der Waals surface area contributed by atoms with Crippen molar-refractivity contribution in [3.8, 4) is 0 Å². The van der Waals surface area contributed by atoms with Gasteiger partial charge in [0.2, 0.25) is 5.78 Å². The van der Waals surface area contributed by atoms with Crippen LogP contribution in [0.5, 0.6) is 0 Å². The lowest BCUT2D eigenvalue weighted by atomic mass is 9.44. The van der Waals surface area contributed by atoms with E-state index in [9.17, 15) is 24.9 Å². The van der Waals surface area contributed by atoms with E-state index in [2.05, 4.69) is 13.8 Å². The Balaban J connectivity index is 1.65. The molecule has 0 amide bonds. The zero-order valence-corrected chi connectivity index (χ0v) is 15.9. The van der Waals surface area contributed by atoms with Crippen LogP contribution in [-0.4, -0.2) is 39.3 Å². The van der Waals surface area contributed by atoms with E-state index in [4.69, 9.17) is 0 Å². The second-order valence-corrected chi connectivity index (χ2v) is 10.1. The second kappa shape index (κ2) is 6.03. The highest BCUT2D eigenvalue weighted by molar-refractivity contribution is 6.33. The van der Waals surface area contributed by atoms with Crippen molar-refractivity contribution in [2.24, 2.45) is 40.4 Å². The first-order valence-corrected chi connectivity index (χ1v) is 10.3. The number of hydrogen-bond donors (Lipinski definition) is 3. The fourth-order valence-electron chi connectivity index (χ4n) is 7.94. The Morgan fingerprint density at radius 3 is 2.38 bits per heavy atom. The van der Waals surface area contributed by atoms with Gasteiger partial charge in [0, 0.05) is 5.92 Å². The summed E-state index contributed by atoms with van der Waals surface area (Å²) in [4.78, 5) is 23.6. The number of fused-ring (bicyclic) bond motifs is 5. The van der Waals surface area contributed by atoms with Gasteiger partial charge in [0.15, 0.2) is 0 Å². The summed E-state index contributed by atoms with van der Waals surface area (Å²) >= 11 is 0. The Morgan fingerprint density at radius 1 is 0.962 bits per heavy atom. The first-order valence-electron chi connectivity index (χ1n) is 10.3. The minimum Gasteiger partial charge on any atom is -0.475 e. The van der Waals surface area contributed by atoms with E-state index >= 15 is 0 Å². The number of Topliss-reactive ketones (excluding diaryl/α,β-unsaturated/α-hetero) is 1. The molecular formula is C21H32O5. The fraction of sp³-hybridized carbons (Fsp3) is 0.905. The molecule has 4 rings (SSSR count). The van der Waals surface area contributed by atoms with Crippen LogP contribution in [0.3, 0.4) is 0 Å². The standard InChI is InChI=1S/C21H32O5/c1-20-8-7-12(22)9-11(20)3-4-13-14-5-6-15(18(24)19(25)26)21(14,2)10-16(23)17(13)20/h11-17,22-23H,3-10H2,1-2H3,(H,25,26)/t11-,12+,13?,14?,15-,16?,17?,20+,21+/m1/s1. The maximum atomic E-state index is 12.3. The van der Waals surface area contributed by atoms with Gasteiger partial charge in [-0.05, 0) is 85.9 Å². The Hall–Kier alpha value is -0.940. The summed E-state index contributed by atoms with van der Waals surface area (Å²) in [6.07, 6.45) is 6.10. The maximum absolute atomic E-state index is 12.3. The van der Waals surface area contributed by atoms with E-state index in [1.54, 1.807) is 0 Å². The normalized spacial score (nSPS) is 53.3. The van der Waals surface area contributed by atoms with Crippen LogP contribution < -0.4 is 0 Å². The van der Waals surface area contributed by atoms with Gasteiger partial charge in [-0.3, -0.25) is 4.79 Å². The molecule has 0 bridgehead atoms. The van der Waals surface area contributed by atoms with Crippen LogP contribution in [0.25, 0.3) is 0 Å². The Labute approximate surface area is 155 Å². The van der Waals surface area contributed by atoms with Crippen molar-refractivity contribution in [1.29, 1.82) is 0 Å². The predicted molar refractivity (Wildman–Crippen MR) is 95.3 cm³/mol. The summed E-state index contributed by atoms with van der Waals surface area (Å²) < 4.78 is 0. The molecule has 0 aromatic heterocycles. The van der Waals surface area contributed by atoms with E-state index in [1.165, 1.54) is 0 Å². The van der Waals surface area contributed by atoms with Crippen LogP contribution in [0.1, 0.15) is 65.2 Å². The minimum absolute atomic E-state index is 0.0534. The number of carbonyl (C=O) groups excluding carboxylic acids is 1. The van der Waals surface area contributed by atoms with Crippen LogP contribution in [0.15, 0.2) is 0 Å². The molecule has 0 aliphatic heterocycles. The third-order valence-electron chi connectivity index (χ3n) is 9.09. The fourth-order valence-corrected chi connectivity index (χ4v) is 7.94. The van der Waals surface area contributed by atoms with Crippen molar-refractivity contribution >= 4 is 11.8 Å². The molecule has 9 atom stereocenters. The molecule has 0 aromatic carbocycles. The average molecular weight is 364 g/mol. The first-order chi connectivity index (χ1) is 12.2. The van der Waals surface area contributed by atoms with Crippen molar-refractivity contribution in [3.63, 3.8) is 0 Å². The minimum atomic E-state index is -1.33. The molecule has 0 saturated heterocycles. The molecule has 3 N–H and O–H groups in total. The molecule has 4 fully saturated rings. The maximum Gasteiger partial charge on any atom is 0.372 e. The van der Waals surface area contributed by atoms with Gasteiger partial charge >= 0.3 is 5.97 Å². The molecule has 5 heteroatoms. The lowest BCUT2D eigenvalue weighted by molar-refractivity contribution is -0.180. The molecule has 0 heterocycles. The highest BCUT2D eigenvalue weighted by atomic mass is 16.4. The summed E-state index contributed by atoms with van der Waals surface area (Å²) in [7, 11) is 0. The monoisotopic (exact) mass is 364 g/mol. The van der Waals surface area contributed by atoms with Gasteiger partial charge in [0.25, 0.3) is 0 Å². The number of hydrogen-bond acceptors (Lipinski definition) is 4. The molecule has 0 aromatic rings. The summed E-state index contributed by atoms with van der Waals surface area (Å²) in [6, 6.07) is 0. The van der Waals surface area contributed by atoms with Gasteiger partial charge in [-0.2, -0.15) is 0 Å². The smallest absolute Gasteiger partial charge is 0.372 e. The van der Waals surface area contributed by atoms with E-state index in [0.717, 1.165) is 38.5 Å². The molecule has 146 valence electrons. The highest BCUT2D eigenvalue weighted by Crippen LogP contribution is 2.67. The number of rotatable bonds is 2. The molecular weight excluding hydrogens is 332 g/mol. The molecule has 4 saturated carbocycles. The Kier molecular flexibility index (Phi) is 4.27. The molecule has 0 spiro atoms. The number of carboxylic acids is 1. The number of aliphatic carboxylic acids is 1. The highest BCUT2D eigenvalue weighted by Gasteiger charge is 2.64. The van der Waals surface area contributed by atoms with Crippen LogP contribution in [0.4, 0.5) is 0 Å². The molecule has 26 heavy (non-hydrogen) atoms.